The van der Waals surface area contributed by atoms with E-state index in [1.165, 1.54) is 24.4 Å². The summed E-state index contributed by atoms with van der Waals surface area (Å²) in [6.45, 7) is 0. The summed E-state index contributed by atoms with van der Waals surface area (Å²) in [5.41, 5.74) is 0.760. The molecule has 0 aromatic heterocycles. The van der Waals surface area contributed by atoms with E-state index in [-0.39, 0.29) is 25.8 Å². The SMILES string of the molecule is COc1ccc(C=N/N=C2\NC(=O)C(=Cc3cc([N+](=O)[O-])c(Cl)cc3Cl)S2)cc1Br. The van der Waals surface area contributed by atoms with Crippen LogP contribution in [0.3, 0.4) is 0 Å². The molecule has 30 heavy (non-hydrogen) atoms. The fraction of sp³-hybridized carbons (Fsp3) is 0.0556. The van der Waals surface area contributed by atoms with E-state index >= 15 is 0 Å². The van der Waals surface area contributed by atoms with Crippen LogP contribution in [0.15, 0.2) is 49.9 Å². The molecule has 12 heteroatoms. The number of amidine groups is 1. The highest BCUT2D eigenvalue weighted by molar-refractivity contribution is 9.10. The van der Waals surface area contributed by atoms with Gasteiger partial charge in [0.1, 0.15) is 10.8 Å². The third-order valence-corrected chi connectivity index (χ3v) is 5.88. The number of carbonyl (C=O) groups is 1. The molecule has 1 heterocycles. The Balaban J connectivity index is 1.79. The van der Waals surface area contributed by atoms with E-state index in [0.29, 0.717) is 11.3 Å². The van der Waals surface area contributed by atoms with Crippen molar-refractivity contribution in [3.63, 3.8) is 0 Å². The molecule has 0 aliphatic carbocycles. The van der Waals surface area contributed by atoms with Crippen LogP contribution in [0, 0.1) is 10.1 Å². The summed E-state index contributed by atoms with van der Waals surface area (Å²) < 4.78 is 5.93. The number of rotatable bonds is 5. The average molecular weight is 530 g/mol. The third kappa shape index (κ3) is 5.20. The van der Waals surface area contributed by atoms with Crippen LogP contribution in [0.4, 0.5) is 5.69 Å². The molecule has 0 saturated carbocycles. The van der Waals surface area contributed by atoms with Gasteiger partial charge < -0.3 is 4.74 Å². The lowest BCUT2D eigenvalue weighted by atomic mass is 10.2. The summed E-state index contributed by atoms with van der Waals surface area (Å²) in [6, 6.07) is 7.86. The standard InChI is InChI=1S/C18H11BrCl2N4O4S/c1-29-15-3-2-9(4-11(15)19)8-22-24-18-23-17(26)16(30-18)6-10-5-14(25(27)28)13(21)7-12(10)20/h2-8H,1H3,(H,23,24,26). The van der Waals surface area contributed by atoms with Crippen molar-refractivity contribution in [2.24, 2.45) is 10.2 Å². The van der Waals surface area contributed by atoms with Gasteiger partial charge in [0.25, 0.3) is 11.6 Å². The Kier molecular flexibility index (Phi) is 7.14. The number of methoxy groups -OCH3 is 1. The summed E-state index contributed by atoms with van der Waals surface area (Å²) in [7, 11) is 1.57. The molecule has 0 bridgehead atoms. The molecule has 0 atom stereocenters. The topological polar surface area (TPSA) is 106 Å². The Hall–Kier alpha value is -2.40. The molecule has 1 saturated heterocycles. The highest BCUT2D eigenvalue weighted by atomic mass is 79.9. The zero-order valence-corrected chi connectivity index (χ0v) is 19.0. The van der Waals surface area contributed by atoms with Gasteiger partial charge in [0.05, 0.1) is 27.6 Å². The molecule has 0 spiro atoms. The number of halogens is 3. The van der Waals surface area contributed by atoms with Gasteiger partial charge in [0.2, 0.25) is 0 Å². The quantitative estimate of drug-likeness (QED) is 0.246. The number of carbonyl (C=O) groups excluding carboxylic acids is 1. The first-order chi connectivity index (χ1) is 14.3. The minimum atomic E-state index is -0.623. The van der Waals surface area contributed by atoms with Crippen LogP contribution < -0.4 is 10.1 Å². The van der Waals surface area contributed by atoms with Crippen molar-refractivity contribution >= 4 is 79.9 Å². The largest absolute Gasteiger partial charge is 0.496 e. The first kappa shape index (κ1) is 22.3. The maximum atomic E-state index is 12.2. The van der Waals surface area contributed by atoms with Gasteiger partial charge in [-0.1, -0.05) is 23.2 Å². The molecular weight excluding hydrogens is 519 g/mol. The Labute approximate surface area is 193 Å². The number of nitro benzene ring substituents is 1. The number of hydrogen-bond acceptors (Lipinski definition) is 7. The molecule has 154 valence electrons. The van der Waals surface area contributed by atoms with Crippen LogP contribution in [-0.2, 0) is 4.79 Å². The summed E-state index contributed by atoms with van der Waals surface area (Å²) in [5, 5.41) is 21.9. The van der Waals surface area contributed by atoms with Gasteiger partial charge >= 0.3 is 0 Å². The van der Waals surface area contributed by atoms with E-state index in [4.69, 9.17) is 27.9 Å². The zero-order valence-electron chi connectivity index (χ0n) is 15.1. The van der Waals surface area contributed by atoms with Gasteiger partial charge in [-0.25, -0.2) is 0 Å². The molecule has 3 rings (SSSR count). The van der Waals surface area contributed by atoms with E-state index in [1.54, 1.807) is 19.2 Å². The van der Waals surface area contributed by atoms with Gasteiger partial charge in [-0.05, 0) is 63.6 Å². The fourth-order valence-electron chi connectivity index (χ4n) is 2.33. The molecule has 8 nitrogen and oxygen atoms in total. The minimum absolute atomic E-state index is 0.0857. The van der Waals surface area contributed by atoms with Gasteiger partial charge in [0.15, 0.2) is 5.17 Å². The summed E-state index contributed by atoms with van der Waals surface area (Å²) >= 11 is 16.3. The first-order valence-corrected chi connectivity index (χ1v) is 10.4. The van der Waals surface area contributed by atoms with Crippen LogP contribution in [0.25, 0.3) is 6.08 Å². The first-order valence-electron chi connectivity index (χ1n) is 8.07. The van der Waals surface area contributed by atoms with Crippen molar-refractivity contribution in [1.82, 2.24) is 5.32 Å². The van der Waals surface area contributed by atoms with E-state index in [0.717, 1.165) is 21.8 Å². The Morgan fingerprint density at radius 3 is 2.70 bits per heavy atom. The molecular formula is C18H11BrCl2N4O4S. The molecule has 2 aromatic carbocycles. The van der Waals surface area contributed by atoms with Gasteiger partial charge in [-0.15, -0.1) is 5.10 Å². The number of ether oxygens (including phenoxy) is 1. The van der Waals surface area contributed by atoms with Crippen molar-refractivity contribution in [1.29, 1.82) is 0 Å². The highest BCUT2D eigenvalue weighted by Crippen LogP contribution is 2.34. The number of nitrogens with one attached hydrogen (secondary N) is 1. The Bertz CT molecular complexity index is 1140. The summed E-state index contributed by atoms with van der Waals surface area (Å²) in [4.78, 5) is 22.9. The van der Waals surface area contributed by atoms with Crippen LogP contribution >= 0.6 is 50.9 Å². The van der Waals surface area contributed by atoms with E-state index < -0.39 is 10.8 Å². The maximum Gasteiger partial charge on any atom is 0.288 e. The monoisotopic (exact) mass is 528 g/mol. The maximum absolute atomic E-state index is 12.2. The lowest BCUT2D eigenvalue weighted by Crippen LogP contribution is -2.19. The van der Waals surface area contributed by atoms with Crippen molar-refractivity contribution in [3.8, 4) is 5.75 Å². The third-order valence-electron chi connectivity index (χ3n) is 3.73. The fourth-order valence-corrected chi connectivity index (χ4v) is 4.17. The number of nitrogens with zero attached hydrogens (tertiary/aromatic N) is 3. The lowest BCUT2D eigenvalue weighted by Gasteiger charge is -2.02. The minimum Gasteiger partial charge on any atom is -0.496 e. The molecule has 0 radical (unpaired) electrons. The summed E-state index contributed by atoms with van der Waals surface area (Å²) in [5.74, 6) is 0.266. The van der Waals surface area contributed by atoms with Gasteiger partial charge in [-0.2, -0.15) is 5.10 Å². The number of thioether (sulfide) groups is 1. The molecule has 1 aliphatic heterocycles. The van der Waals surface area contributed by atoms with Crippen LogP contribution in [0.2, 0.25) is 10.0 Å². The Morgan fingerprint density at radius 1 is 1.27 bits per heavy atom. The number of benzene rings is 2. The Morgan fingerprint density at radius 2 is 2.03 bits per heavy atom. The number of nitro groups is 1. The van der Waals surface area contributed by atoms with E-state index in [9.17, 15) is 14.9 Å². The molecule has 1 amide bonds. The van der Waals surface area contributed by atoms with Crippen LogP contribution in [-0.4, -0.2) is 29.3 Å². The van der Waals surface area contributed by atoms with Crippen LogP contribution in [0.1, 0.15) is 11.1 Å². The lowest BCUT2D eigenvalue weighted by molar-refractivity contribution is -0.384. The predicted molar refractivity (Wildman–Crippen MR) is 123 cm³/mol. The smallest absolute Gasteiger partial charge is 0.288 e. The second-order valence-corrected chi connectivity index (χ2v) is 8.39. The van der Waals surface area contributed by atoms with Crippen molar-refractivity contribution < 1.29 is 14.5 Å². The normalized spacial score (nSPS) is 16.5. The summed E-state index contributed by atoms with van der Waals surface area (Å²) in [6.07, 6.45) is 2.95. The molecule has 1 N–H and O–H groups in total. The second-order valence-electron chi connectivity index (χ2n) is 5.69. The van der Waals surface area contributed by atoms with Crippen molar-refractivity contribution in [3.05, 3.63) is 71.0 Å². The average Bonchev–Trinajstić information content (AvgIpc) is 3.03. The zero-order chi connectivity index (χ0) is 21.8. The second kappa shape index (κ2) is 9.61. The van der Waals surface area contributed by atoms with Crippen molar-refractivity contribution in [2.75, 3.05) is 7.11 Å². The van der Waals surface area contributed by atoms with E-state index in [2.05, 4.69) is 31.4 Å². The molecule has 1 fully saturated rings. The molecule has 0 unspecified atom stereocenters. The van der Waals surface area contributed by atoms with Gasteiger partial charge in [-0.3, -0.25) is 20.2 Å². The van der Waals surface area contributed by atoms with Crippen LogP contribution in [0.5, 0.6) is 5.75 Å². The molecule has 1 aliphatic rings. The highest BCUT2D eigenvalue weighted by Gasteiger charge is 2.25. The predicted octanol–water partition coefficient (Wildman–Crippen LogP) is 5.27. The number of amides is 1. The van der Waals surface area contributed by atoms with E-state index in [1.807, 2.05) is 6.07 Å². The van der Waals surface area contributed by atoms with Gasteiger partial charge in [0, 0.05) is 16.7 Å². The molecule has 2 aromatic rings. The number of hydrogen-bond donors (Lipinski definition) is 1. The van der Waals surface area contributed by atoms with Crippen molar-refractivity contribution in [2.45, 2.75) is 0 Å².